The van der Waals surface area contributed by atoms with E-state index in [1.54, 1.807) is 0 Å². The first-order chi connectivity index (χ1) is 7.92. The topological polar surface area (TPSA) is 21.3 Å². The first-order valence-electron chi connectivity index (χ1n) is 6.40. The summed E-state index contributed by atoms with van der Waals surface area (Å²) < 4.78 is 5.53. The molecule has 0 bridgehead atoms. The van der Waals surface area contributed by atoms with Crippen LogP contribution in [-0.4, -0.2) is 18.7 Å². The van der Waals surface area contributed by atoms with Gasteiger partial charge in [0.1, 0.15) is 5.75 Å². The molecule has 0 aliphatic heterocycles. The molecule has 0 spiro atoms. The van der Waals surface area contributed by atoms with Crippen molar-refractivity contribution in [3.63, 3.8) is 0 Å². The molecule has 0 atom stereocenters. The molecule has 0 amide bonds. The second-order valence-corrected chi connectivity index (χ2v) is 5.46. The number of rotatable bonds is 5. The average molecular weight is 235 g/mol. The number of hydrogen-bond donors (Lipinski definition) is 1. The minimum Gasteiger partial charge on any atom is -0.494 e. The van der Waals surface area contributed by atoms with Gasteiger partial charge in [-0.25, -0.2) is 0 Å². The van der Waals surface area contributed by atoms with Crippen LogP contribution < -0.4 is 10.1 Å². The molecule has 0 aromatic heterocycles. The van der Waals surface area contributed by atoms with Crippen molar-refractivity contribution in [2.24, 2.45) is 0 Å². The van der Waals surface area contributed by atoms with E-state index in [0.717, 1.165) is 25.3 Å². The predicted octanol–water partition coefficient (Wildman–Crippen LogP) is 3.32. The molecule has 17 heavy (non-hydrogen) atoms. The summed E-state index contributed by atoms with van der Waals surface area (Å²) in [5.41, 5.74) is 2.78. The summed E-state index contributed by atoms with van der Waals surface area (Å²) in [6.45, 7) is 12.4. The van der Waals surface area contributed by atoms with Gasteiger partial charge in [0, 0.05) is 5.54 Å². The molecule has 1 aromatic rings. The number of aryl methyl sites for hydroxylation is 1. The van der Waals surface area contributed by atoms with Gasteiger partial charge in [-0.15, -0.1) is 0 Å². The monoisotopic (exact) mass is 235 g/mol. The van der Waals surface area contributed by atoms with Crippen molar-refractivity contribution >= 4 is 0 Å². The lowest BCUT2D eigenvalue weighted by atomic mass is 10.1. The molecule has 2 nitrogen and oxygen atoms in total. The van der Waals surface area contributed by atoms with E-state index in [2.05, 4.69) is 51.2 Å². The molecular weight excluding hydrogens is 210 g/mol. The Balaban J connectivity index is 2.53. The van der Waals surface area contributed by atoms with E-state index in [1.165, 1.54) is 11.1 Å². The van der Waals surface area contributed by atoms with Crippen molar-refractivity contribution in [1.82, 2.24) is 5.32 Å². The van der Waals surface area contributed by atoms with Gasteiger partial charge in [0.2, 0.25) is 0 Å². The van der Waals surface area contributed by atoms with Gasteiger partial charge in [-0.2, -0.15) is 0 Å². The maximum atomic E-state index is 5.53. The van der Waals surface area contributed by atoms with Gasteiger partial charge in [-0.1, -0.05) is 12.1 Å². The van der Waals surface area contributed by atoms with E-state index in [0.29, 0.717) is 0 Å². The van der Waals surface area contributed by atoms with Crippen LogP contribution in [0.3, 0.4) is 0 Å². The second kappa shape index (κ2) is 6.06. The summed E-state index contributed by atoms with van der Waals surface area (Å²) in [6.07, 6.45) is 1.06. The molecule has 0 heterocycles. The van der Waals surface area contributed by atoms with Crippen molar-refractivity contribution in [3.05, 3.63) is 29.3 Å². The van der Waals surface area contributed by atoms with Gasteiger partial charge in [0.05, 0.1) is 6.61 Å². The lowest BCUT2D eigenvalue weighted by Crippen LogP contribution is -2.37. The Morgan fingerprint density at radius 2 is 1.94 bits per heavy atom. The summed E-state index contributed by atoms with van der Waals surface area (Å²) in [4.78, 5) is 0. The maximum Gasteiger partial charge on any atom is 0.122 e. The Morgan fingerprint density at radius 3 is 2.47 bits per heavy atom. The highest BCUT2D eigenvalue weighted by Gasteiger charge is 2.08. The Bertz CT molecular complexity index is 352. The van der Waals surface area contributed by atoms with Gasteiger partial charge in [-0.05, 0) is 64.8 Å². The van der Waals surface area contributed by atoms with Gasteiger partial charge in [0.15, 0.2) is 0 Å². The van der Waals surface area contributed by atoms with E-state index in [1.807, 2.05) is 6.92 Å². The fourth-order valence-corrected chi connectivity index (χ4v) is 1.77. The lowest BCUT2D eigenvalue weighted by molar-refractivity contribution is 0.337. The van der Waals surface area contributed by atoms with Gasteiger partial charge >= 0.3 is 0 Å². The summed E-state index contributed by atoms with van der Waals surface area (Å²) in [5, 5.41) is 3.50. The number of hydrogen-bond acceptors (Lipinski definition) is 2. The number of benzene rings is 1. The zero-order chi connectivity index (χ0) is 12.9. The molecule has 1 rings (SSSR count). The Morgan fingerprint density at radius 1 is 1.24 bits per heavy atom. The van der Waals surface area contributed by atoms with Crippen LogP contribution in [0.2, 0.25) is 0 Å². The number of nitrogens with one attached hydrogen (secondary N) is 1. The molecule has 0 radical (unpaired) electrons. The Labute approximate surface area is 105 Å². The van der Waals surface area contributed by atoms with Crippen molar-refractivity contribution < 1.29 is 4.74 Å². The highest BCUT2D eigenvalue weighted by atomic mass is 16.5. The minimum absolute atomic E-state index is 0.195. The van der Waals surface area contributed by atoms with E-state index in [4.69, 9.17) is 4.74 Å². The maximum absolute atomic E-state index is 5.53. The van der Waals surface area contributed by atoms with Crippen LogP contribution >= 0.6 is 0 Å². The standard InChI is InChI=1S/C15H25NO/c1-6-17-14-8-7-13(11-12(14)2)9-10-16-15(3,4)5/h7-8,11,16H,6,9-10H2,1-5H3. The van der Waals surface area contributed by atoms with Crippen LogP contribution in [0.15, 0.2) is 18.2 Å². The van der Waals surface area contributed by atoms with Gasteiger partial charge in [-0.3, -0.25) is 0 Å². The van der Waals surface area contributed by atoms with E-state index in [9.17, 15) is 0 Å². The zero-order valence-corrected chi connectivity index (χ0v) is 11.8. The predicted molar refractivity (Wildman–Crippen MR) is 73.8 cm³/mol. The van der Waals surface area contributed by atoms with Crippen LogP contribution in [0.5, 0.6) is 5.75 Å². The first kappa shape index (κ1) is 14.0. The van der Waals surface area contributed by atoms with E-state index in [-0.39, 0.29) is 5.54 Å². The normalized spacial score (nSPS) is 11.6. The molecule has 1 N–H and O–H groups in total. The van der Waals surface area contributed by atoms with Crippen LogP contribution in [0.25, 0.3) is 0 Å². The van der Waals surface area contributed by atoms with Crippen LogP contribution in [-0.2, 0) is 6.42 Å². The largest absolute Gasteiger partial charge is 0.494 e. The molecule has 2 heteroatoms. The van der Waals surface area contributed by atoms with Gasteiger partial charge < -0.3 is 10.1 Å². The minimum atomic E-state index is 0.195. The quantitative estimate of drug-likeness (QED) is 0.845. The molecule has 0 aliphatic carbocycles. The zero-order valence-electron chi connectivity index (χ0n) is 11.8. The molecular formula is C15H25NO. The SMILES string of the molecule is CCOc1ccc(CCNC(C)(C)C)cc1C. The van der Waals surface area contributed by atoms with Crippen LogP contribution in [0, 0.1) is 6.92 Å². The molecule has 0 fully saturated rings. The Hall–Kier alpha value is -1.02. The van der Waals surface area contributed by atoms with Crippen LogP contribution in [0.1, 0.15) is 38.8 Å². The smallest absolute Gasteiger partial charge is 0.122 e. The van der Waals surface area contributed by atoms with Gasteiger partial charge in [0.25, 0.3) is 0 Å². The highest BCUT2D eigenvalue weighted by Crippen LogP contribution is 2.19. The summed E-state index contributed by atoms with van der Waals surface area (Å²) in [7, 11) is 0. The van der Waals surface area contributed by atoms with Crippen molar-refractivity contribution in [2.75, 3.05) is 13.2 Å². The Kier molecular flexibility index (Phi) is 5.01. The van der Waals surface area contributed by atoms with E-state index < -0.39 is 0 Å². The van der Waals surface area contributed by atoms with Crippen LogP contribution in [0.4, 0.5) is 0 Å². The fraction of sp³-hybridized carbons (Fsp3) is 0.600. The molecule has 0 saturated carbocycles. The third kappa shape index (κ3) is 5.22. The number of ether oxygens (including phenoxy) is 1. The summed E-state index contributed by atoms with van der Waals surface area (Å²) in [6, 6.07) is 6.45. The molecule has 96 valence electrons. The summed E-state index contributed by atoms with van der Waals surface area (Å²) >= 11 is 0. The fourth-order valence-electron chi connectivity index (χ4n) is 1.77. The summed E-state index contributed by atoms with van der Waals surface area (Å²) in [5.74, 6) is 1.00. The highest BCUT2D eigenvalue weighted by molar-refractivity contribution is 5.36. The lowest BCUT2D eigenvalue weighted by Gasteiger charge is -2.20. The van der Waals surface area contributed by atoms with E-state index >= 15 is 0 Å². The average Bonchev–Trinajstić information content (AvgIpc) is 2.20. The van der Waals surface area contributed by atoms with Crippen molar-refractivity contribution in [1.29, 1.82) is 0 Å². The molecule has 1 aromatic carbocycles. The van der Waals surface area contributed by atoms with Crippen molar-refractivity contribution in [3.8, 4) is 5.75 Å². The third-order valence-corrected chi connectivity index (χ3v) is 2.61. The second-order valence-electron chi connectivity index (χ2n) is 5.46. The van der Waals surface area contributed by atoms with Crippen molar-refractivity contribution in [2.45, 2.75) is 46.6 Å². The molecule has 0 saturated heterocycles. The molecule has 0 unspecified atom stereocenters. The first-order valence-corrected chi connectivity index (χ1v) is 6.40. The molecule has 0 aliphatic rings. The third-order valence-electron chi connectivity index (χ3n) is 2.61.